The van der Waals surface area contributed by atoms with Crippen LogP contribution in [0.2, 0.25) is 0 Å². The zero-order chi connectivity index (χ0) is 13.0. The lowest BCUT2D eigenvalue weighted by Gasteiger charge is -2.24. The topological polar surface area (TPSA) is 49.4 Å². The Kier molecular flexibility index (Phi) is 4.92. The van der Waals surface area contributed by atoms with Gasteiger partial charge in [0, 0.05) is 31.5 Å². The van der Waals surface area contributed by atoms with Gasteiger partial charge in [-0.1, -0.05) is 12.8 Å². The van der Waals surface area contributed by atoms with E-state index in [1.54, 1.807) is 0 Å². The zero-order valence-corrected chi connectivity index (χ0v) is 11.8. The van der Waals surface area contributed by atoms with Crippen LogP contribution in [0.5, 0.6) is 0 Å². The number of thioether (sulfide) groups is 1. The fraction of sp³-hybridized carbons (Fsp3) is 0.846. The van der Waals surface area contributed by atoms with Crippen molar-refractivity contribution in [1.82, 2.24) is 10.2 Å². The van der Waals surface area contributed by atoms with Crippen LogP contribution in [-0.4, -0.2) is 47.9 Å². The van der Waals surface area contributed by atoms with Gasteiger partial charge >= 0.3 is 0 Å². The normalized spacial score (nSPS) is 24.8. The molecule has 5 heteroatoms. The highest BCUT2D eigenvalue weighted by Gasteiger charge is 2.35. The molecule has 0 radical (unpaired) electrons. The Labute approximate surface area is 113 Å². The van der Waals surface area contributed by atoms with Gasteiger partial charge in [-0.25, -0.2) is 0 Å². The number of hydrogen-bond donors (Lipinski definition) is 1. The first kappa shape index (κ1) is 13.7. The zero-order valence-electron chi connectivity index (χ0n) is 11.0. The number of nitrogens with one attached hydrogen (secondary N) is 1. The number of rotatable bonds is 5. The van der Waals surface area contributed by atoms with Gasteiger partial charge in [-0.2, -0.15) is 11.8 Å². The van der Waals surface area contributed by atoms with Gasteiger partial charge in [0.05, 0.1) is 5.75 Å². The number of likely N-dealkylation sites (tertiary alicyclic amines) is 1. The molecule has 1 saturated heterocycles. The van der Waals surface area contributed by atoms with Gasteiger partial charge in [-0.15, -0.1) is 0 Å². The van der Waals surface area contributed by atoms with Crippen LogP contribution in [0.4, 0.5) is 0 Å². The average molecular weight is 270 g/mol. The Hall–Kier alpha value is -0.710. The highest BCUT2D eigenvalue weighted by molar-refractivity contribution is 7.99. The molecule has 1 aliphatic carbocycles. The maximum absolute atomic E-state index is 12.0. The van der Waals surface area contributed by atoms with Gasteiger partial charge < -0.3 is 10.2 Å². The quantitative estimate of drug-likeness (QED) is 0.818. The molecule has 18 heavy (non-hydrogen) atoms. The first-order valence-electron chi connectivity index (χ1n) is 6.76. The van der Waals surface area contributed by atoms with E-state index in [9.17, 15) is 9.59 Å². The molecule has 2 rings (SSSR count). The Morgan fingerprint density at radius 1 is 1.44 bits per heavy atom. The van der Waals surface area contributed by atoms with Crippen LogP contribution in [0.3, 0.4) is 0 Å². The van der Waals surface area contributed by atoms with E-state index in [0.717, 1.165) is 19.4 Å². The third kappa shape index (κ3) is 3.40. The third-order valence-corrected chi connectivity index (χ3v) is 4.42. The lowest BCUT2D eigenvalue weighted by atomic mass is 10.1. The summed E-state index contributed by atoms with van der Waals surface area (Å²) >= 11 is 1.52. The molecule has 1 aliphatic heterocycles. The van der Waals surface area contributed by atoms with Crippen molar-refractivity contribution in [2.45, 2.75) is 38.1 Å². The summed E-state index contributed by atoms with van der Waals surface area (Å²) in [5.41, 5.74) is 0. The van der Waals surface area contributed by atoms with Gasteiger partial charge in [0.15, 0.2) is 0 Å². The number of hydrogen-bond acceptors (Lipinski definition) is 3. The Morgan fingerprint density at radius 2 is 2.17 bits per heavy atom. The second kappa shape index (κ2) is 6.45. The van der Waals surface area contributed by atoms with E-state index in [4.69, 9.17) is 0 Å². The lowest BCUT2D eigenvalue weighted by molar-refractivity contribution is -0.129. The van der Waals surface area contributed by atoms with Gasteiger partial charge in [0.1, 0.15) is 0 Å². The molecular weight excluding hydrogens is 248 g/mol. The van der Waals surface area contributed by atoms with E-state index >= 15 is 0 Å². The minimum absolute atomic E-state index is 0.0780. The van der Waals surface area contributed by atoms with E-state index in [0.29, 0.717) is 30.7 Å². The summed E-state index contributed by atoms with van der Waals surface area (Å²) in [4.78, 5) is 25.4. The predicted octanol–water partition coefficient (Wildman–Crippen LogP) is 1.26. The first-order chi connectivity index (χ1) is 8.70. The molecule has 1 atom stereocenters. The number of carbonyl (C=O) groups excluding carboxylic acids is 2. The van der Waals surface area contributed by atoms with Crippen LogP contribution >= 0.6 is 11.8 Å². The number of carbonyl (C=O) groups is 2. The van der Waals surface area contributed by atoms with Crippen LogP contribution < -0.4 is 5.32 Å². The van der Waals surface area contributed by atoms with Gasteiger partial charge in [0.25, 0.3) is 0 Å². The molecule has 0 aromatic rings. The van der Waals surface area contributed by atoms with E-state index in [1.807, 2.05) is 6.26 Å². The monoisotopic (exact) mass is 270 g/mol. The first-order valence-corrected chi connectivity index (χ1v) is 8.15. The van der Waals surface area contributed by atoms with Crippen LogP contribution in [0, 0.1) is 5.92 Å². The number of nitrogens with zero attached hydrogens (tertiary/aromatic N) is 1. The van der Waals surface area contributed by atoms with Crippen LogP contribution in [-0.2, 0) is 9.59 Å². The summed E-state index contributed by atoms with van der Waals surface area (Å²) < 4.78 is 0. The summed E-state index contributed by atoms with van der Waals surface area (Å²) in [7, 11) is 0. The molecule has 102 valence electrons. The van der Waals surface area contributed by atoms with Crippen LogP contribution in [0.1, 0.15) is 32.1 Å². The molecule has 2 fully saturated rings. The molecule has 0 spiro atoms. The maximum atomic E-state index is 12.0. The van der Waals surface area contributed by atoms with E-state index in [1.165, 1.54) is 24.6 Å². The fourth-order valence-corrected chi connectivity index (χ4v) is 3.32. The number of amides is 2. The Morgan fingerprint density at radius 3 is 2.83 bits per heavy atom. The van der Waals surface area contributed by atoms with Crippen molar-refractivity contribution in [3.63, 3.8) is 0 Å². The molecule has 2 amide bonds. The molecule has 0 unspecified atom stereocenters. The predicted molar refractivity (Wildman–Crippen MR) is 73.5 cm³/mol. The van der Waals surface area contributed by atoms with Crippen LogP contribution in [0.25, 0.3) is 0 Å². The van der Waals surface area contributed by atoms with Crippen molar-refractivity contribution in [2.24, 2.45) is 5.92 Å². The van der Waals surface area contributed by atoms with Crippen molar-refractivity contribution in [3.05, 3.63) is 0 Å². The summed E-state index contributed by atoms with van der Waals surface area (Å²) in [5.74, 6) is 1.18. The van der Waals surface area contributed by atoms with Crippen molar-refractivity contribution in [2.75, 3.05) is 25.1 Å². The molecule has 1 N–H and O–H groups in total. The van der Waals surface area contributed by atoms with Gasteiger partial charge in [0.2, 0.25) is 11.8 Å². The lowest BCUT2D eigenvalue weighted by Crippen LogP contribution is -2.36. The molecule has 2 aliphatic rings. The largest absolute Gasteiger partial charge is 0.355 e. The summed E-state index contributed by atoms with van der Waals surface area (Å²) in [6, 6.07) is 0.476. The second-order valence-electron chi connectivity index (χ2n) is 5.29. The minimum Gasteiger partial charge on any atom is -0.355 e. The maximum Gasteiger partial charge on any atom is 0.229 e. The molecular formula is C13H22N2O2S. The summed E-state index contributed by atoms with van der Waals surface area (Å²) in [5, 5.41) is 2.92. The Bertz CT molecular complexity index is 316. The molecule has 1 heterocycles. The smallest absolute Gasteiger partial charge is 0.229 e. The standard InChI is InChI=1S/C13H22N2O2S/c1-18-9-12(16)14-7-10-6-13(17)15(8-10)11-4-2-3-5-11/h10-11H,2-9H2,1H3,(H,14,16)/t10-/m1/s1. The van der Waals surface area contributed by atoms with Crippen molar-refractivity contribution < 1.29 is 9.59 Å². The van der Waals surface area contributed by atoms with Gasteiger partial charge in [-0.05, 0) is 19.1 Å². The van der Waals surface area contributed by atoms with Crippen molar-refractivity contribution in [3.8, 4) is 0 Å². The van der Waals surface area contributed by atoms with E-state index < -0.39 is 0 Å². The van der Waals surface area contributed by atoms with Gasteiger partial charge in [-0.3, -0.25) is 9.59 Å². The third-order valence-electron chi connectivity index (χ3n) is 3.87. The highest BCUT2D eigenvalue weighted by atomic mass is 32.2. The van der Waals surface area contributed by atoms with E-state index in [2.05, 4.69) is 10.2 Å². The molecule has 0 aromatic carbocycles. The average Bonchev–Trinajstić information content (AvgIpc) is 2.95. The fourth-order valence-electron chi connectivity index (χ4n) is 2.95. The molecule has 0 aromatic heterocycles. The van der Waals surface area contributed by atoms with Crippen molar-refractivity contribution in [1.29, 1.82) is 0 Å². The summed E-state index contributed by atoms with van der Waals surface area (Å²) in [6.45, 7) is 1.48. The molecule has 1 saturated carbocycles. The highest BCUT2D eigenvalue weighted by Crippen LogP contribution is 2.29. The van der Waals surface area contributed by atoms with Crippen LogP contribution in [0.15, 0.2) is 0 Å². The second-order valence-corrected chi connectivity index (χ2v) is 6.16. The Balaban J connectivity index is 1.76. The minimum atomic E-state index is 0.0780. The summed E-state index contributed by atoms with van der Waals surface area (Å²) in [6.07, 6.45) is 7.36. The molecule has 0 bridgehead atoms. The SMILES string of the molecule is CSCC(=O)NC[C@H]1CC(=O)N(C2CCCC2)C1. The van der Waals surface area contributed by atoms with E-state index in [-0.39, 0.29) is 11.8 Å². The molecule has 4 nitrogen and oxygen atoms in total. The van der Waals surface area contributed by atoms with Crippen molar-refractivity contribution >= 4 is 23.6 Å².